The van der Waals surface area contributed by atoms with Gasteiger partial charge in [-0.1, -0.05) is 45.6 Å². The fourth-order valence-electron chi connectivity index (χ4n) is 2.69. The Morgan fingerprint density at radius 1 is 1.29 bits per heavy atom. The van der Waals surface area contributed by atoms with Crippen LogP contribution in [0.5, 0.6) is 0 Å². The topological polar surface area (TPSA) is 72.8 Å². The van der Waals surface area contributed by atoms with E-state index in [-0.39, 0.29) is 5.57 Å². The second-order valence-electron chi connectivity index (χ2n) is 5.52. The summed E-state index contributed by atoms with van der Waals surface area (Å²) in [6.07, 6.45) is 5.59. The van der Waals surface area contributed by atoms with E-state index in [2.05, 4.69) is 18.2 Å². The number of unbranched alkanes of at least 4 members (excludes halogenated alkanes) is 5. The largest absolute Gasteiger partial charge is 0.466 e. The van der Waals surface area contributed by atoms with Crippen molar-refractivity contribution in [1.82, 2.24) is 0 Å². The van der Waals surface area contributed by atoms with E-state index >= 15 is 0 Å². The summed E-state index contributed by atoms with van der Waals surface area (Å²) < 4.78 is 9.78. The van der Waals surface area contributed by atoms with Crippen molar-refractivity contribution in [3.63, 3.8) is 0 Å². The Balaban J connectivity index is 2.48. The highest BCUT2D eigenvalue weighted by Gasteiger charge is 2.46. The third-order valence-corrected chi connectivity index (χ3v) is 3.94. The highest BCUT2D eigenvalue weighted by molar-refractivity contribution is 5.91. The second-order valence-corrected chi connectivity index (χ2v) is 5.52. The SMILES string of the molecule is C=C(C(=O)OC)[C@@H]1[C@@H](CCCCCCCC)OC(=O)[C@@H]1O. The van der Waals surface area contributed by atoms with Crippen molar-refractivity contribution in [2.75, 3.05) is 7.11 Å². The third-order valence-electron chi connectivity index (χ3n) is 3.94. The molecule has 1 aliphatic heterocycles. The molecule has 5 nitrogen and oxygen atoms in total. The predicted octanol–water partition coefficient (Wildman–Crippen LogP) is 2.37. The standard InChI is InChI=1S/C16H26O5/c1-4-5-6-7-8-9-10-12-13(11(2)15(18)20-3)14(17)16(19)21-12/h12-14,17H,2,4-10H2,1,3H3/t12-,13-,14-/m1/s1. The normalized spacial score (nSPS) is 24.7. The minimum Gasteiger partial charge on any atom is -0.466 e. The zero-order valence-electron chi connectivity index (χ0n) is 13.0. The van der Waals surface area contributed by atoms with Crippen LogP contribution < -0.4 is 0 Å². The van der Waals surface area contributed by atoms with Crippen LogP contribution in [0, 0.1) is 5.92 Å². The Morgan fingerprint density at radius 2 is 1.90 bits per heavy atom. The van der Waals surface area contributed by atoms with Gasteiger partial charge in [0.2, 0.25) is 0 Å². The van der Waals surface area contributed by atoms with Gasteiger partial charge in [0.25, 0.3) is 0 Å². The molecule has 120 valence electrons. The predicted molar refractivity (Wildman–Crippen MR) is 78.5 cm³/mol. The summed E-state index contributed by atoms with van der Waals surface area (Å²) in [5, 5.41) is 9.87. The van der Waals surface area contributed by atoms with Crippen LogP contribution in [-0.4, -0.2) is 36.4 Å². The molecule has 0 aromatic heterocycles. The van der Waals surface area contributed by atoms with Gasteiger partial charge in [-0.05, 0) is 12.8 Å². The number of ether oxygens (including phenoxy) is 2. The molecule has 1 heterocycles. The molecule has 1 rings (SSSR count). The lowest BCUT2D eigenvalue weighted by atomic mass is 9.88. The van der Waals surface area contributed by atoms with Crippen LogP contribution >= 0.6 is 0 Å². The van der Waals surface area contributed by atoms with E-state index in [1.807, 2.05) is 0 Å². The molecule has 5 heteroatoms. The van der Waals surface area contributed by atoms with Crippen LogP contribution in [0.2, 0.25) is 0 Å². The minimum absolute atomic E-state index is 0.104. The fraction of sp³-hybridized carbons (Fsp3) is 0.750. The van der Waals surface area contributed by atoms with E-state index in [4.69, 9.17) is 4.74 Å². The molecule has 0 aromatic carbocycles. The molecule has 0 saturated carbocycles. The number of cyclic esters (lactones) is 1. The van der Waals surface area contributed by atoms with Gasteiger partial charge in [0, 0.05) is 5.57 Å². The first kappa shape index (κ1) is 17.7. The summed E-state index contributed by atoms with van der Waals surface area (Å²) in [6, 6.07) is 0. The average molecular weight is 298 g/mol. The van der Waals surface area contributed by atoms with Crippen LogP contribution in [0.3, 0.4) is 0 Å². The molecule has 1 saturated heterocycles. The van der Waals surface area contributed by atoms with Gasteiger partial charge in [-0.3, -0.25) is 0 Å². The zero-order chi connectivity index (χ0) is 15.8. The van der Waals surface area contributed by atoms with E-state index in [0.29, 0.717) is 6.42 Å². The number of hydrogen-bond donors (Lipinski definition) is 1. The number of rotatable bonds is 9. The van der Waals surface area contributed by atoms with E-state index in [9.17, 15) is 14.7 Å². The Bertz CT molecular complexity index is 377. The van der Waals surface area contributed by atoms with Gasteiger partial charge >= 0.3 is 11.9 Å². The number of carbonyl (C=O) groups is 2. The zero-order valence-corrected chi connectivity index (χ0v) is 13.0. The Labute approximate surface area is 126 Å². The number of aliphatic hydroxyl groups is 1. The van der Waals surface area contributed by atoms with Gasteiger partial charge in [0.1, 0.15) is 6.10 Å². The maximum absolute atomic E-state index is 11.5. The number of esters is 2. The minimum atomic E-state index is -1.32. The molecule has 21 heavy (non-hydrogen) atoms. The lowest BCUT2D eigenvalue weighted by Crippen LogP contribution is -2.30. The van der Waals surface area contributed by atoms with E-state index in [1.165, 1.54) is 26.4 Å². The average Bonchev–Trinajstić information content (AvgIpc) is 2.76. The molecule has 0 bridgehead atoms. The number of aliphatic hydroxyl groups excluding tert-OH is 1. The summed E-state index contributed by atoms with van der Waals surface area (Å²) in [6.45, 7) is 5.81. The van der Waals surface area contributed by atoms with Gasteiger partial charge < -0.3 is 14.6 Å². The van der Waals surface area contributed by atoms with Crippen molar-refractivity contribution in [1.29, 1.82) is 0 Å². The highest BCUT2D eigenvalue weighted by atomic mass is 16.6. The summed E-state index contributed by atoms with van der Waals surface area (Å²) >= 11 is 0. The molecule has 1 fully saturated rings. The van der Waals surface area contributed by atoms with Crippen LogP contribution in [0.15, 0.2) is 12.2 Å². The quantitative estimate of drug-likeness (QED) is 0.402. The van der Waals surface area contributed by atoms with Crippen molar-refractivity contribution < 1.29 is 24.2 Å². The van der Waals surface area contributed by atoms with E-state index in [0.717, 1.165) is 19.3 Å². The van der Waals surface area contributed by atoms with E-state index < -0.39 is 30.1 Å². The molecule has 1 aliphatic rings. The molecule has 0 spiro atoms. The molecule has 1 N–H and O–H groups in total. The Morgan fingerprint density at radius 3 is 2.52 bits per heavy atom. The maximum Gasteiger partial charge on any atom is 0.336 e. The van der Waals surface area contributed by atoms with Crippen molar-refractivity contribution in [2.24, 2.45) is 5.92 Å². The maximum atomic E-state index is 11.5. The lowest BCUT2D eigenvalue weighted by molar-refractivity contribution is -0.147. The molecular formula is C16H26O5. The summed E-state index contributed by atoms with van der Waals surface area (Å²) in [5.41, 5.74) is 0.104. The van der Waals surface area contributed by atoms with Crippen LogP contribution in [0.4, 0.5) is 0 Å². The fourth-order valence-corrected chi connectivity index (χ4v) is 2.69. The molecule has 0 aliphatic carbocycles. The van der Waals surface area contributed by atoms with Gasteiger partial charge in [0.05, 0.1) is 13.0 Å². The van der Waals surface area contributed by atoms with Crippen molar-refractivity contribution in [2.45, 2.75) is 64.1 Å². The lowest BCUT2D eigenvalue weighted by Gasteiger charge is -2.19. The van der Waals surface area contributed by atoms with Gasteiger partial charge in [-0.25, -0.2) is 9.59 Å². The number of hydrogen-bond acceptors (Lipinski definition) is 5. The van der Waals surface area contributed by atoms with Gasteiger partial charge in [0.15, 0.2) is 6.10 Å². The van der Waals surface area contributed by atoms with Gasteiger partial charge in [-0.2, -0.15) is 0 Å². The van der Waals surface area contributed by atoms with E-state index in [1.54, 1.807) is 0 Å². The second kappa shape index (κ2) is 8.82. The van der Waals surface area contributed by atoms with Crippen LogP contribution in [-0.2, 0) is 19.1 Å². The molecule has 0 amide bonds. The Kier molecular flexibility index (Phi) is 7.43. The molecular weight excluding hydrogens is 272 g/mol. The molecule has 0 aromatic rings. The summed E-state index contributed by atoms with van der Waals surface area (Å²) in [7, 11) is 1.25. The molecule has 0 radical (unpaired) electrons. The number of carbonyl (C=O) groups excluding carboxylic acids is 2. The number of methoxy groups -OCH3 is 1. The van der Waals surface area contributed by atoms with Crippen LogP contribution in [0.1, 0.15) is 51.9 Å². The third kappa shape index (κ3) is 4.84. The monoisotopic (exact) mass is 298 g/mol. The Hall–Kier alpha value is -1.36. The highest BCUT2D eigenvalue weighted by Crippen LogP contribution is 2.32. The summed E-state index contributed by atoms with van der Waals surface area (Å²) in [5.74, 6) is -1.98. The van der Waals surface area contributed by atoms with Crippen molar-refractivity contribution >= 4 is 11.9 Å². The first-order chi connectivity index (χ1) is 10.0. The molecule has 0 unspecified atom stereocenters. The van der Waals surface area contributed by atoms with Crippen molar-refractivity contribution in [3.05, 3.63) is 12.2 Å². The first-order valence-corrected chi connectivity index (χ1v) is 7.68. The van der Waals surface area contributed by atoms with Crippen LogP contribution in [0.25, 0.3) is 0 Å². The first-order valence-electron chi connectivity index (χ1n) is 7.68. The summed E-state index contributed by atoms with van der Waals surface area (Å²) in [4.78, 5) is 23.1. The molecule has 3 atom stereocenters. The van der Waals surface area contributed by atoms with Gasteiger partial charge in [-0.15, -0.1) is 0 Å². The van der Waals surface area contributed by atoms with Crippen molar-refractivity contribution in [3.8, 4) is 0 Å². The smallest absolute Gasteiger partial charge is 0.336 e.